The lowest BCUT2D eigenvalue weighted by molar-refractivity contribution is 0.216. The zero-order valence-corrected chi connectivity index (χ0v) is 19.4. The maximum atomic E-state index is 14.8. The Hall–Kier alpha value is -1.05. The summed E-state index contributed by atoms with van der Waals surface area (Å²) in [4.78, 5) is 0. The van der Waals surface area contributed by atoms with E-state index in [1.807, 2.05) is 6.07 Å². The van der Waals surface area contributed by atoms with Crippen molar-refractivity contribution in [2.24, 2.45) is 11.8 Å². The van der Waals surface area contributed by atoms with Gasteiger partial charge in [-0.15, -0.1) is 0 Å². The molecule has 1 aromatic rings. The first kappa shape index (κ1) is 24.2. The monoisotopic (exact) mass is 404 g/mol. The van der Waals surface area contributed by atoms with Gasteiger partial charge in [0, 0.05) is 0 Å². The molecule has 0 N–H and O–H groups in total. The summed E-state index contributed by atoms with van der Waals surface area (Å²) in [5.74, 6) is 2.31. The molecule has 0 radical (unpaired) electrons. The van der Waals surface area contributed by atoms with E-state index in [0.717, 1.165) is 24.7 Å². The van der Waals surface area contributed by atoms with Gasteiger partial charge in [-0.05, 0) is 61.1 Å². The molecular weight excluding hydrogens is 359 g/mol. The Balaban J connectivity index is 1.95. The molecule has 166 valence electrons. The molecule has 0 aliphatic heterocycles. The topological polar surface area (TPSA) is 9.23 Å². The van der Waals surface area contributed by atoms with Gasteiger partial charge < -0.3 is 4.74 Å². The molecular formula is C27H45FO. The highest BCUT2D eigenvalue weighted by Crippen LogP contribution is 2.44. The molecule has 1 fully saturated rings. The molecule has 0 heterocycles. The lowest BCUT2D eigenvalue weighted by Gasteiger charge is -2.36. The second-order valence-corrected chi connectivity index (χ2v) is 9.26. The number of unbranched alkanes of at least 4 members (excludes halogenated alkanes) is 7. The normalized spacial score (nSPS) is 22.0. The van der Waals surface area contributed by atoms with Gasteiger partial charge in [0.2, 0.25) is 0 Å². The first-order valence-corrected chi connectivity index (χ1v) is 12.6. The Morgan fingerprint density at radius 1 is 0.897 bits per heavy atom. The van der Waals surface area contributed by atoms with Crippen molar-refractivity contribution < 1.29 is 9.13 Å². The van der Waals surface area contributed by atoms with Gasteiger partial charge in [0.25, 0.3) is 0 Å². The molecule has 29 heavy (non-hydrogen) atoms. The minimum atomic E-state index is -0.168. The van der Waals surface area contributed by atoms with Crippen molar-refractivity contribution in [1.82, 2.24) is 0 Å². The number of ether oxygens (including phenoxy) is 1. The third-order valence-electron chi connectivity index (χ3n) is 7.00. The van der Waals surface area contributed by atoms with Crippen molar-refractivity contribution in [2.45, 2.75) is 117 Å². The molecule has 3 atom stereocenters. The number of rotatable bonds is 14. The van der Waals surface area contributed by atoms with Crippen LogP contribution in [0.25, 0.3) is 0 Å². The van der Waals surface area contributed by atoms with Gasteiger partial charge in [-0.1, -0.05) is 91.0 Å². The second kappa shape index (κ2) is 14.0. The molecule has 0 aromatic heterocycles. The Labute approximate surface area is 179 Å². The van der Waals surface area contributed by atoms with E-state index in [-0.39, 0.29) is 5.82 Å². The van der Waals surface area contributed by atoms with Gasteiger partial charge in [-0.2, -0.15) is 0 Å². The molecule has 1 aliphatic rings. The van der Waals surface area contributed by atoms with Gasteiger partial charge >= 0.3 is 0 Å². The summed E-state index contributed by atoms with van der Waals surface area (Å²) >= 11 is 0. The van der Waals surface area contributed by atoms with Crippen LogP contribution in [0.15, 0.2) is 18.2 Å². The molecule has 0 bridgehead atoms. The highest BCUT2D eigenvalue weighted by molar-refractivity contribution is 5.32. The SMILES string of the molecule is CCCCCCCC1CC[C@@H](CC)C[C@@H]1c1ccc(OCCCCCC)c(F)c1. The van der Waals surface area contributed by atoms with Crippen molar-refractivity contribution >= 4 is 0 Å². The van der Waals surface area contributed by atoms with Crippen LogP contribution in [-0.4, -0.2) is 6.61 Å². The smallest absolute Gasteiger partial charge is 0.165 e. The second-order valence-electron chi connectivity index (χ2n) is 9.26. The quantitative estimate of drug-likeness (QED) is 0.281. The van der Waals surface area contributed by atoms with Crippen molar-refractivity contribution in [3.63, 3.8) is 0 Å². The molecule has 1 unspecified atom stereocenters. The van der Waals surface area contributed by atoms with E-state index in [0.29, 0.717) is 18.3 Å². The summed E-state index contributed by atoms with van der Waals surface area (Å²) in [5, 5.41) is 0. The maximum Gasteiger partial charge on any atom is 0.165 e. The van der Waals surface area contributed by atoms with E-state index in [9.17, 15) is 4.39 Å². The molecule has 1 aromatic carbocycles. The number of benzene rings is 1. The fraction of sp³-hybridized carbons (Fsp3) is 0.778. The van der Waals surface area contributed by atoms with E-state index in [2.05, 4.69) is 26.8 Å². The van der Waals surface area contributed by atoms with Crippen LogP contribution in [0.4, 0.5) is 4.39 Å². The lowest BCUT2D eigenvalue weighted by Crippen LogP contribution is -2.23. The first-order chi connectivity index (χ1) is 14.2. The summed E-state index contributed by atoms with van der Waals surface area (Å²) in [5.41, 5.74) is 1.21. The van der Waals surface area contributed by atoms with Gasteiger partial charge in [0.1, 0.15) is 0 Å². The van der Waals surface area contributed by atoms with Crippen molar-refractivity contribution in [3.8, 4) is 5.75 Å². The van der Waals surface area contributed by atoms with Crippen LogP contribution in [0.3, 0.4) is 0 Å². The first-order valence-electron chi connectivity index (χ1n) is 12.6. The van der Waals surface area contributed by atoms with Gasteiger partial charge in [-0.3, -0.25) is 0 Å². The third-order valence-corrected chi connectivity index (χ3v) is 7.00. The van der Waals surface area contributed by atoms with E-state index in [1.165, 1.54) is 82.6 Å². The van der Waals surface area contributed by atoms with Gasteiger partial charge in [0.15, 0.2) is 11.6 Å². The fourth-order valence-corrected chi connectivity index (χ4v) is 5.03. The van der Waals surface area contributed by atoms with E-state index < -0.39 is 0 Å². The Kier molecular flexibility index (Phi) is 11.7. The van der Waals surface area contributed by atoms with Crippen LogP contribution >= 0.6 is 0 Å². The van der Waals surface area contributed by atoms with E-state index >= 15 is 0 Å². The number of hydrogen-bond donors (Lipinski definition) is 0. The largest absolute Gasteiger partial charge is 0.491 e. The summed E-state index contributed by atoms with van der Waals surface area (Å²) in [6, 6.07) is 5.82. The standard InChI is InChI=1S/C27H45FO/c1-4-7-9-11-12-14-23-16-15-22(6-3)20-25(23)24-17-18-27(26(28)21-24)29-19-13-10-8-5-2/h17-18,21-23,25H,4-16,19-20H2,1-3H3/t22-,23?,25+/m1/s1. The molecule has 1 nitrogen and oxygen atoms in total. The molecule has 0 spiro atoms. The van der Waals surface area contributed by atoms with Crippen LogP contribution < -0.4 is 4.74 Å². The Morgan fingerprint density at radius 2 is 1.62 bits per heavy atom. The minimum absolute atomic E-state index is 0.168. The molecule has 1 aliphatic carbocycles. The zero-order chi connectivity index (χ0) is 20.9. The number of hydrogen-bond acceptors (Lipinski definition) is 1. The third kappa shape index (κ3) is 8.30. The van der Waals surface area contributed by atoms with Crippen LogP contribution in [0.2, 0.25) is 0 Å². The maximum absolute atomic E-state index is 14.8. The summed E-state index contributed by atoms with van der Waals surface area (Å²) < 4.78 is 20.5. The van der Waals surface area contributed by atoms with E-state index in [1.54, 1.807) is 6.07 Å². The summed E-state index contributed by atoms with van der Waals surface area (Å²) in [6.07, 6.45) is 17.8. The van der Waals surface area contributed by atoms with Gasteiger partial charge in [-0.25, -0.2) is 4.39 Å². The van der Waals surface area contributed by atoms with Gasteiger partial charge in [0.05, 0.1) is 6.61 Å². The van der Waals surface area contributed by atoms with Crippen LogP contribution in [0.5, 0.6) is 5.75 Å². The Morgan fingerprint density at radius 3 is 2.31 bits per heavy atom. The predicted molar refractivity (Wildman–Crippen MR) is 123 cm³/mol. The molecule has 0 amide bonds. The summed E-state index contributed by atoms with van der Waals surface area (Å²) in [6.45, 7) is 7.40. The average Bonchev–Trinajstić information content (AvgIpc) is 2.74. The van der Waals surface area contributed by atoms with Crippen LogP contribution in [0, 0.1) is 17.7 Å². The highest BCUT2D eigenvalue weighted by Gasteiger charge is 2.31. The van der Waals surface area contributed by atoms with Crippen LogP contribution in [0.1, 0.15) is 122 Å². The fourth-order valence-electron chi connectivity index (χ4n) is 5.03. The zero-order valence-electron chi connectivity index (χ0n) is 19.4. The van der Waals surface area contributed by atoms with Crippen molar-refractivity contribution in [1.29, 1.82) is 0 Å². The minimum Gasteiger partial charge on any atom is -0.491 e. The summed E-state index contributed by atoms with van der Waals surface area (Å²) in [7, 11) is 0. The average molecular weight is 405 g/mol. The van der Waals surface area contributed by atoms with Crippen molar-refractivity contribution in [3.05, 3.63) is 29.6 Å². The Bertz CT molecular complexity index is 555. The molecule has 2 rings (SSSR count). The molecule has 2 heteroatoms. The number of halogens is 1. The van der Waals surface area contributed by atoms with E-state index in [4.69, 9.17) is 4.74 Å². The highest BCUT2D eigenvalue weighted by atomic mass is 19.1. The van der Waals surface area contributed by atoms with Crippen molar-refractivity contribution in [2.75, 3.05) is 6.61 Å². The molecule has 0 saturated heterocycles. The molecule has 1 saturated carbocycles. The predicted octanol–water partition coefficient (Wildman–Crippen LogP) is 9.06. The van der Waals surface area contributed by atoms with Crippen LogP contribution in [-0.2, 0) is 0 Å². The lowest BCUT2D eigenvalue weighted by atomic mass is 9.69.